The van der Waals surface area contributed by atoms with Gasteiger partial charge in [-0.25, -0.2) is 4.79 Å². The number of thioether (sulfide) groups is 1. The van der Waals surface area contributed by atoms with E-state index in [4.69, 9.17) is 16.7 Å². The number of carboxylic acids is 1. The molecule has 0 saturated carbocycles. The molecule has 6 heteroatoms. The molecule has 2 N–H and O–H groups in total. The first-order valence-electron chi connectivity index (χ1n) is 6.41. The van der Waals surface area contributed by atoms with Crippen LogP contribution in [0.5, 0.6) is 0 Å². The van der Waals surface area contributed by atoms with Crippen LogP contribution in [0.2, 0.25) is 5.02 Å². The summed E-state index contributed by atoms with van der Waals surface area (Å²) in [5.41, 5.74) is 0.531. The lowest BCUT2D eigenvalue weighted by Crippen LogP contribution is -2.22. The lowest BCUT2D eigenvalue weighted by Gasteiger charge is -2.12. The van der Waals surface area contributed by atoms with Gasteiger partial charge in [-0.2, -0.15) is 0 Å². The smallest absolute Gasteiger partial charge is 0.337 e. The minimum Gasteiger partial charge on any atom is -0.478 e. The van der Waals surface area contributed by atoms with Gasteiger partial charge in [0, 0.05) is 5.69 Å². The van der Waals surface area contributed by atoms with Crippen molar-refractivity contribution < 1.29 is 14.7 Å². The Hall–Kier alpha value is -1.20. The summed E-state index contributed by atoms with van der Waals surface area (Å²) >= 11 is 7.45. The third-order valence-electron chi connectivity index (χ3n) is 2.70. The lowest BCUT2D eigenvalue weighted by atomic mass is 10.2. The molecule has 0 aromatic heterocycles. The number of carbonyl (C=O) groups excluding carboxylic acids is 1. The summed E-state index contributed by atoms with van der Waals surface area (Å²) in [5.74, 6) is -0.245. The maximum Gasteiger partial charge on any atom is 0.337 e. The van der Waals surface area contributed by atoms with E-state index in [1.165, 1.54) is 18.2 Å². The first-order chi connectivity index (χ1) is 9.45. The lowest BCUT2D eigenvalue weighted by molar-refractivity contribution is -0.115. The average Bonchev–Trinajstić information content (AvgIpc) is 2.38. The third kappa shape index (κ3) is 5.06. The van der Waals surface area contributed by atoms with Crippen LogP contribution in [-0.4, -0.2) is 28.0 Å². The Morgan fingerprint density at radius 1 is 1.45 bits per heavy atom. The molecular formula is C14H18ClNO3S. The van der Waals surface area contributed by atoms with Crippen LogP contribution >= 0.6 is 23.4 Å². The van der Waals surface area contributed by atoms with Gasteiger partial charge in [-0.15, -0.1) is 11.8 Å². The standard InChI is InChI=1S/C14H18ClNO3S/c1-3-4-7-20-9(2)13(17)16-10-5-6-11(14(18)19)12(15)8-10/h5-6,8-9H,3-4,7H2,1-2H3,(H,16,17)(H,18,19). The molecule has 1 rings (SSSR count). The highest BCUT2D eigenvalue weighted by Gasteiger charge is 2.14. The van der Waals surface area contributed by atoms with Gasteiger partial charge in [-0.05, 0) is 37.3 Å². The molecule has 1 aromatic rings. The highest BCUT2D eigenvalue weighted by molar-refractivity contribution is 8.00. The van der Waals surface area contributed by atoms with Crippen LogP contribution in [0.1, 0.15) is 37.0 Å². The Morgan fingerprint density at radius 2 is 2.15 bits per heavy atom. The van der Waals surface area contributed by atoms with Crippen molar-refractivity contribution in [2.45, 2.75) is 31.9 Å². The summed E-state index contributed by atoms with van der Waals surface area (Å²) in [5, 5.41) is 11.6. The van der Waals surface area contributed by atoms with Crippen molar-refractivity contribution in [1.29, 1.82) is 0 Å². The van der Waals surface area contributed by atoms with Crippen LogP contribution in [0.25, 0.3) is 0 Å². The summed E-state index contributed by atoms with van der Waals surface area (Å²) in [6.07, 6.45) is 2.19. The van der Waals surface area contributed by atoms with Crippen LogP contribution in [0.15, 0.2) is 18.2 Å². The Morgan fingerprint density at radius 3 is 2.70 bits per heavy atom. The zero-order valence-electron chi connectivity index (χ0n) is 11.5. The Kier molecular flexibility index (Phi) is 6.88. The van der Waals surface area contributed by atoms with Gasteiger partial charge in [0.2, 0.25) is 5.91 Å². The predicted molar refractivity (Wildman–Crippen MR) is 83.9 cm³/mol. The molecule has 1 unspecified atom stereocenters. The zero-order chi connectivity index (χ0) is 15.1. The Labute approximate surface area is 127 Å². The fraction of sp³-hybridized carbons (Fsp3) is 0.429. The number of carbonyl (C=O) groups is 2. The molecule has 0 spiro atoms. The van der Waals surface area contributed by atoms with Crippen molar-refractivity contribution in [3.63, 3.8) is 0 Å². The normalized spacial score (nSPS) is 11.9. The molecule has 1 atom stereocenters. The molecule has 20 heavy (non-hydrogen) atoms. The minimum absolute atomic E-state index is 0.0232. The highest BCUT2D eigenvalue weighted by atomic mass is 35.5. The predicted octanol–water partition coefficient (Wildman–Crippen LogP) is 3.90. The van der Waals surface area contributed by atoms with E-state index in [9.17, 15) is 9.59 Å². The Bertz CT molecular complexity index is 493. The molecule has 110 valence electrons. The van der Waals surface area contributed by atoms with Gasteiger partial charge in [0.15, 0.2) is 0 Å². The van der Waals surface area contributed by atoms with Crippen LogP contribution in [0.4, 0.5) is 5.69 Å². The van der Waals surface area contributed by atoms with Crippen molar-refractivity contribution in [2.75, 3.05) is 11.1 Å². The highest BCUT2D eigenvalue weighted by Crippen LogP contribution is 2.22. The Balaban J connectivity index is 2.62. The molecule has 1 aromatic carbocycles. The van der Waals surface area contributed by atoms with Crippen molar-refractivity contribution in [1.82, 2.24) is 0 Å². The van der Waals surface area contributed by atoms with Gasteiger partial charge in [0.25, 0.3) is 0 Å². The molecule has 0 fully saturated rings. The second-order valence-electron chi connectivity index (χ2n) is 4.36. The quantitative estimate of drug-likeness (QED) is 0.749. The molecule has 0 radical (unpaired) electrons. The van der Waals surface area contributed by atoms with Gasteiger partial charge in [0.05, 0.1) is 15.8 Å². The van der Waals surface area contributed by atoms with E-state index in [1.807, 2.05) is 6.92 Å². The largest absolute Gasteiger partial charge is 0.478 e. The number of benzene rings is 1. The second-order valence-corrected chi connectivity index (χ2v) is 6.21. The molecular weight excluding hydrogens is 298 g/mol. The monoisotopic (exact) mass is 315 g/mol. The molecule has 0 aliphatic heterocycles. The van der Waals surface area contributed by atoms with Gasteiger partial charge in [0.1, 0.15) is 0 Å². The fourth-order valence-electron chi connectivity index (χ4n) is 1.49. The molecule has 1 amide bonds. The number of hydrogen-bond donors (Lipinski definition) is 2. The summed E-state index contributed by atoms with van der Waals surface area (Å²) in [6, 6.07) is 4.37. The van der Waals surface area contributed by atoms with E-state index >= 15 is 0 Å². The number of unbranched alkanes of at least 4 members (excludes halogenated alkanes) is 1. The summed E-state index contributed by atoms with van der Waals surface area (Å²) < 4.78 is 0. The number of aromatic carboxylic acids is 1. The number of rotatable bonds is 7. The van der Waals surface area contributed by atoms with E-state index in [0.717, 1.165) is 18.6 Å². The van der Waals surface area contributed by atoms with Gasteiger partial charge < -0.3 is 10.4 Å². The first kappa shape index (κ1) is 16.9. The van der Waals surface area contributed by atoms with E-state index in [2.05, 4.69) is 12.2 Å². The molecule has 0 aliphatic rings. The average molecular weight is 316 g/mol. The zero-order valence-corrected chi connectivity index (χ0v) is 13.1. The van der Waals surface area contributed by atoms with Crippen LogP contribution in [0, 0.1) is 0 Å². The van der Waals surface area contributed by atoms with Crippen molar-refractivity contribution in [2.24, 2.45) is 0 Å². The van der Waals surface area contributed by atoms with E-state index in [0.29, 0.717) is 5.69 Å². The maximum atomic E-state index is 11.9. The number of hydrogen-bond acceptors (Lipinski definition) is 3. The summed E-state index contributed by atoms with van der Waals surface area (Å²) in [4.78, 5) is 22.8. The molecule has 0 bridgehead atoms. The fourth-order valence-corrected chi connectivity index (χ4v) is 2.77. The van der Waals surface area contributed by atoms with Crippen molar-refractivity contribution >= 4 is 40.9 Å². The van der Waals surface area contributed by atoms with Crippen LogP contribution in [0.3, 0.4) is 0 Å². The van der Waals surface area contributed by atoms with Gasteiger partial charge in [-0.3, -0.25) is 4.79 Å². The SMILES string of the molecule is CCCCSC(C)C(=O)Nc1ccc(C(=O)O)c(Cl)c1. The van der Waals surface area contributed by atoms with Crippen molar-refractivity contribution in [3.8, 4) is 0 Å². The third-order valence-corrected chi connectivity index (χ3v) is 4.25. The topological polar surface area (TPSA) is 66.4 Å². The van der Waals surface area contributed by atoms with E-state index in [-0.39, 0.29) is 21.7 Å². The summed E-state index contributed by atoms with van der Waals surface area (Å²) in [6.45, 7) is 3.96. The molecule has 0 aliphatic carbocycles. The molecule has 4 nitrogen and oxygen atoms in total. The number of amides is 1. The van der Waals surface area contributed by atoms with Gasteiger partial charge >= 0.3 is 5.97 Å². The van der Waals surface area contributed by atoms with Crippen molar-refractivity contribution in [3.05, 3.63) is 28.8 Å². The number of nitrogens with one attached hydrogen (secondary N) is 1. The van der Waals surface area contributed by atoms with Gasteiger partial charge in [-0.1, -0.05) is 24.9 Å². The van der Waals surface area contributed by atoms with E-state index < -0.39 is 5.97 Å². The second kappa shape index (κ2) is 8.17. The van der Waals surface area contributed by atoms with E-state index in [1.54, 1.807) is 11.8 Å². The number of carboxylic acid groups (broad SMARTS) is 1. The first-order valence-corrected chi connectivity index (χ1v) is 7.83. The number of anilines is 1. The molecule has 0 saturated heterocycles. The summed E-state index contributed by atoms with van der Waals surface area (Å²) in [7, 11) is 0. The van der Waals surface area contributed by atoms with Crippen LogP contribution < -0.4 is 5.32 Å². The minimum atomic E-state index is -1.09. The van der Waals surface area contributed by atoms with Crippen LogP contribution in [-0.2, 0) is 4.79 Å². The molecule has 0 heterocycles. The maximum absolute atomic E-state index is 11.9. The number of halogens is 1.